The molecule has 160 valence electrons. The summed E-state index contributed by atoms with van der Waals surface area (Å²) in [7, 11) is 3.10. The van der Waals surface area contributed by atoms with Crippen molar-refractivity contribution in [2.45, 2.75) is 38.8 Å². The number of rotatable bonds is 10. The Hall–Kier alpha value is -3.28. The molecule has 1 amide bonds. The van der Waals surface area contributed by atoms with Gasteiger partial charge in [0.15, 0.2) is 6.10 Å². The first-order chi connectivity index (χ1) is 14.4. The Bertz CT molecular complexity index is 863. The van der Waals surface area contributed by atoms with Gasteiger partial charge in [0.1, 0.15) is 11.5 Å². The van der Waals surface area contributed by atoms with Crippen LogP contribution in [0.4, 0.5) is 0 Å². The molecular formula is C24H29NO5. The highest BCUT2D eigenvalue weighted by molar-refractivity contribution is 5.90. The predicted octanol–water partition coefficient (Wildman–Crippen LogP) is 3.79. The maximum atomic E-state index is 12.3. The number of esters is 1. The predicted molar refractivity (Wildman–Crippen MR) is 117 cm³/mol. The highest BCUT2D eigenvalue weighted by Gasteiger charge is 2.18. The third-order valence-electron chi connectivity index (χ3n) is 4.60. The number of ether oxygens (including phenoxy) is 3. The average Bonchev–Trinajstić information content (AvgIpc) is 2.76. The molecule has 6 heteroatoms. The number of methoxy groups -OCH3 is 2. The van der Waals surface area contributed by atoms with Crippen molar-refractivity contribution >= 4 is 18.0 Å². The smallest absolute Gasteiger partial charge is 0.331 e. The zero-order valence-electron chi connectivity index (χ0n) is 17.9. The topological polar surface area (TPSA) is 73.9 Å². The summed E-state index contributed by atoms with van der Waals surface area (Å²) in [6.45, 7) is 3.49. The molecule has 6 nitrogen and oxygen atoms in total. The molecule has 0 saturated heterocycles. The molecule has 1 N–H and O–H groups in total. The van der Waals surface area contributed by atoms with Crippen LogP contribution in [0.25, 0.3) is 6.08 Å². The summed E-state index contributed by atoms with van der Waals surface area (Å²) in [5, 5.41) is 2.89. The molecular weight excluding hydrogens is 382 g/mol. The number of carbonyl (C=O) groups excluding carboxylic acids is 2. The molecule has 2 rings (SSSR count). The van der Waals surface area contributed by atoms with E-state index < -0.39 is 12.1 Å². The van der Waals surface area contributed by atoms with E-state index in [1.807, 2.05) is 25.1 Å². The number of aryl methyl sites for hydroxylation is 1. The van der Waals surface area contributed by atoms with Crippen molar-refractivity contribution in [1.82, 2.24) is 5.32 Å². The third-order valence-corrected chi connectivity index (χ3v) is 4.60. The minimum atomic E-state index is -0.895. The molecule has 0 saturated carbocycles. The second kappa shape index (κ2) is 11.7. The summed E-state index contributed by atoms with van der Waals surface area (Å²) in [5.41, 5.74) is 1.89. The van der Waals surface area contributed by atoms with Gasteiger partial charge in [-0.05, 0) is 56.5 Å². The van der Waals surface area contributed by atoms with E-state index in [4.69, 9.17) is 14.2 Å². The summed E-state index contributed by atoms with van der Waals surface area (Å²) in [6, 6.07) is 15.3. The quantitative estimate of drug-likeness (QED) is 0.476. The minimum Gasteiger partial charge on any atom is -0.497 e. The first kappa shape index (κ1) is 23.0. The fourth-order valence-corrected chi connectivity index (χ4v) is 2.85. The Morgan fingerprint density at radius 3 is 2.43 bits per heavy atom. The number of hydrogen-bond acceptors (Lipinski definition) is 5. The van der Waals surface area contributed by atoms with Crippen LogP contribution in [-0.4, -0.2) is 38.2 Å². The summed E-state index contributed by atoms with van der Waals surface area (Å²) >= 11 is 0. The number of nitrogens with one attached hydrogen (secondary N) is 1. The lowest BCUT2D eigenvalue weighted by Crippen LogP contribution is -2.40. The maximum absolute atomic E-state index is 12.3. The molecule has 0 aromatic heterocycles. The molecule has 0 unspecified atom stereocenters. The van der Waals surface area contributed by atoms with E-state index >= 15 is 0 Å². The number of benzene rings is 2. The summed E-state index contributed by atoms with van der Waals surface area (Å²) in [6.07, 6.45) is 3.60. The number of hydrogen-bond donors (Lipinski definition) is 1. The molecule has 0 radical (unpaired) electrons. The van der Waals surface area contributed by atoms with Crippen LogP contribution >= 0.6 is 0 Å². The molecule has 2 aromatic rings. The van der Waals surface area contributed by atoms with Gasteiger partial charge in [0.25, 0.3) is 5.91 Å². The molecule has 0 heterocycles. The van der Waals surface area contributed by atoms with E-state index in [9.17, 15) is 9.59 Å². The van der Waals surface area contributed by atoms with E-state index in [0.29, 0.717) is 17.1 Å². The van der Waals surface area contributed by atoms with Crippen LogP contribution in [-0.2, 0) is 20.7 Å². The standard InChI is InChI=1S/C24H29NO5/c1-17(10-11-19-8-6-5-7-9-19)25-24(27)18(2)30-23(26)15-12-20-16-21(28-3)13-14-22(20)29-4/h5-9,12-18H,10-11H2,1-4H3,(H,25,27)/b15-12+/t17-,18+/m0/s1. The second-order valence-electron chi connectivity index (χ2n) is 6.95. The number of carbonyl (C=O) groups is 2. The highest BCUT2D eigenvalue weighted by Crippen LogP contribution is 2.25. The normalized spacial score (nSPS) is 12.8. The van der Waals surface area contributed by atoms with Crippen molar-refractivity contribution in [3.63, 3.8) is 0 Å². The van der Waals surface area contributed by atoms with Crippen molar-refractivity contribution in [3.05, 3.63) is 65.7 Å². The maximum Gasteiger partial charge on any atom is 0.331 e. The zero-order chi connectivity index (χ0) is 21.9. The van der Waals surface area contributed by atoms with Crippen LogP contribution in [0, 0.1) is 0 Å². The van der Waals surface area contributed by atoms with Crippen LogP contribution in [0.15, 0.2) is 54.6 Å². The van der Waals surface area contributed by atoms with E-state index in [-0.39, 0.29) is 11.9 Å². The van der Waals surface area contributed by atoms with Crippen LogP contribution < -0.4 is 14.8 Å². The summed E-state index contributed by atoms with van der Waals surface area (Å²) < 4.78 is 15.7. The van der Waals surface area contributed by atoms with Crippen LogP contribution in [0.3, 0.4) is 0 Å². The van der Waals surface area contributed by atoms with Crippen molar-refractivity contribution in [1.29, 1.82) is 0 Å². The monoisotopic (exact) mass is 411 g/mol. The van der Waals surface area contributed by atoms with Crippen molar-refractivity contribution in [2.24, 2.45) is 0 Å². The van der Waals surface area contributed by atoms with Gasteiger partial charge in [-0.2, -0.15) is 0 Å². The molecule has 0 bridgehead atoms. The van der Waals surface area contributed by atoms with Gasteiger partial charge in [-0.25, -0.2) is 4.79 Å². The van der Waals surface area contributed by atoms with Gasteiger partial charge in [-0.15, -0.1) is 0 Å². The van der Waals surface area contributed by atoms with Crippen molar-refractivity contribution < 1.29 is 23.8 Å². The summed E-state index contributed by atoms with van der Waals surface area (Å²) in [4.78, 5) is 24.4. The number of amides is 1. The van der Waals surface area contributed by atoms with Gasteiger partial charge < -0.3 is 19.5 Å². The van der Waals surface area contributed by atoms with Gasteiger partial charge in [0, 0.05) is 17.7 Å². The average molecular weight is 411 g/mol. The van der Waals surface area contributed by atoms with E-state index in [1.165, 1.54) is 11.6 Å². The Morgan fingerprint density at radius 2 is 1.77 bits per heavy atom. The van der Waals surface area contributed by atoms with Crippen LogP contribution in [0.1, 0.15) is 31.4 Å². The largest absolute Gasteiger partial charge is 0.497 e. The van der Waals surface area contributed by atoms with E-state index in [0.717, 1.165) is 12.8 Å². The van der Waals surface area contributed by atoms with Gasteiger partial charge in [0.05, 0.1) is 14.2 Å². The first-order valence-electron chi connectivity index (χ1n) is 9.88. The third kappa shape index (κ3) is 7.28. The lowest BCUT2D eigenvalue weighted by atomic mass is 10.1. The Balaban J connectivity index is 1.84. The van der Waals surface area contributed by atoms with Crippen LogP contribution in [0.5, 0.6) is 11.5 Å². The summed E-state index contributed by atoms with van der Waals surface area (Å²) in [5.74, 6) is 0.301. The molecule has 0 aliphatic carbocycles. The van der Waals surface area contributed by atoms with Gasteiger partial charge in [-0.1, -0.05) is 30.3 Å². The van der Waals surface area contributed by atoms with Crippen molar-refractivity contribution in [2.75, 3.05) is 14.2 Å². The van der Waals surface area contributed by atoms with Crippen LogP contribution in [0.2, 0.25) is 0 Å². The zero-order valence-corrected chi connectivity index (χ0v) is 17.9. The SMILES string of the molecule is COc1ccc(OC)c(/C=C/C(=O)O[C@H](C)C(=O)N[C@@H](C)CCc2ccccc2)c1. The Kier molecular flexibility index (Phi) is 8.94. The molecule has 0 spiro atoms. The van der Waals surface area contributed by atoms with Gasteiger partial charge in [-0.3, -0.25) is 4.79 Å². The molecule has 0 aliphatic rings. The molecule has 30 heavy (non-hydrogen) atoms. The lowest BCUT2D eigenvalue weighted by Gasteiger charge is -2.17. The van der Waals surface area contributed by atoms with Crippen molar-refractivity contribution in [3.8, 4) is 11.5 Å². The second-order valence-corrected chi connectivity index (χ2v) is 6.95. The molecule has 0 fully saturated rings. The Morgan fingerprint density at radius 1 is 1.03 bits per heavy atom. The fraction of sp³-hybridized carbons (Fsp3) is 0.333. The minimum absolute atomic E-state index is 0.0320. The van der Waals surface area contributed by atoms with Gasteiger partial charge >= 0.3 is 5.97 Å². The molecule has 2 atom stereocenters. The van der Waals surface area contributed by atoms with E-state index in [1.54, 1.807) is 45.4 Å². The molecule has 2 aromatic carbocycles. The Labute approximate surface area is 177 Å². The highest BCUT2D eigenvalue weighted by atomic mass is 16.5. The lowest BCUT2D eigenvalue weighted by molar-refractivity contribution is -0.150. The first-order valence-corrected chi connectivity index (χ1v) is 9.88. The fourth-order valence-electron chi connectivity index (χ4n) is 2.85. The van der Waals surface area contributed by atoms with E-state index in [2.05, 4.69) is 17.4 Å². The van der Waals surface area contributed by atoms with Gasteiger partial charge in [0.2, 0.25) is 0 Å². The molecule has 0 aliphatic heterocycles.